The average Bonchev–Trinajstić information content (AvgIpc) is 3.11. The highest BCUT2D eigenvalue weighted by Gasteiger charge is 2.26. The number of aryl methyl sites for hydroxylation is 1. The lowest BCUT2D eigenvalue weighted by Gasteiger charge is -2.31. The molecule has 1 fully saturated rings. The summed E-state index contributed by atoms with van der Waals surface area (Å²) in [5.74, 6) is 0.405. The van der Waals surface area contributed by atoms with E-state index in [0.29, 0.717) is 11.5 Å². The van der Waals surface area contributed by atoms with Gasteiger partial charge in [-0.3, -0.25) is 4.79 Å². The van der Waals surface area contributed by atoms with Gasteiger partial charge in [0.1, 0.15) is 0 Å². The standard InChI is InChI=1S/C17H18N6O/c1-12-10-15(21-16-3-7-20-23(12)16)13-4-8-22(9-5-13)17(24)14-2-6-18-19-11-14/h2-3,6-7,10-11,13H,4-5,8-9H2,1H3. The maximum Gasteiger partial charge on any atom is 0.255 e. The number of fused-ring (bicyclic) bond motifs is 1. The van der Waals surface area contributed by atoms with Crippen LogP contribution in [0, 0.1) is 6.92 Å². The minimum absolute atomic E-state index is 0.0266. The Labute approximate surface area is 139 Å². The molecule has 0 aliphatic carbocycles. The second-order valence-corrected chi connectivity index (χ2v) is 6.12. The van der Waals surface area contributed by atoms with Crippen molar-refractivity contribution < 1.29 is 4.79 Å². The molecule has 4 heterocycles. The fourth-order valence-electron chi connectivity index (χ4n) is 3.28. The topological polar surface area (TPSA) is 76.3 Å². The van der Waals surface area contributed by atoms with Gasteiger partial charge >= 0.3 is 0 Å². The van der Waals surface area contributed by atoms with Crippen molar-refractivity contribution in [1.82, 2.24) is 29.7 Å². The molecule has 7 nitrogen and oxygen atoms in total. The van der Waals surface area contributed by atoms with E-state index in [9.17, 15) is 4.79 Å². The molecule has 0 spiro atoms. The van der Waals surface area contributed by atoms with Crippen LogP contribution in [0.3, 0.4) is 0 Å². The lowest BCUT2D eigenvalue weighted by Crippen LogP contribution is -2.38. The number of hydrogen-bond donors (Lipinski definition) is 0. The summed E-state index contributed by atoms with van der Waals surface area (Å²) in [5, 5.41) is 11.8. The number of aromatic nitrogens is 5. The van der Waals surface area contributed by atoms with Crippen LogP contribution in [-0.2, 0) is 0 Å². The Morgan fingerprint density at radius 3 is 2.75 bits per heavy atom. The number of nitrogens with zero attached hydrogens (tertiary/aromatic N) is 6. The van der Waals surface area contributed by atoms with E-state index >= 15 is 0 Å². The molecule has 7 heteroatoms. The zero-order valence-electron chi connectivity index (χ0n) is 13.5. The van der Waals surface area contributed by atoms with E-state index in [2.05, 4.69) is 21.4 Å². The Balaban J connectivity index is 1.48. The van der Waals surface area contributed by atoms with E-state index < -0.39 is 0 Å². The molecule has 3 aromatic heterocycles. The van der Waals surface area contributed by atoms with Crippen molar-refractivity contribution in [3.05, 3.63) is 53.7 Å². The summed E-state index contributed by atoms with van der Waals surface area (Å²) in [7, 11) is 0. The maximum atomic E-state index is 12.5. The second-order valence-electron chi connectivity index (χ2n) is 6.12. The lowest BCUT2D eigenvalue weighted by molar-refractivity contribution is 0.0711. The smallest absolute Gasteiger partial charge is 0.255 e. The molecule has 4 rings (SSSR count). The maximum absolute atomic E-state index is 12.5. The number of piperidine rings is 1. The van der Waals surface area contributed by atoms with Crippen LogP contribution in [0.15, 0.2) is 36.8 Å². The van der Waals surface area contributed by atoms with Crippen LogP contribution in [0.5, 0.6) is 0 Å². The van der Waals surface area contributed by atoms with Gasteiger partial charge in [-0.05, 0) is 31.9 Å². The summed E-state index contributed by atoms with van der Waals surface area (Å²) in [6.45, 7) is 3.51. The van der Waals surface area contributed by atoms with Crippen LogP contribution >= 0.6 is 0 Å². The van der Waals surface area contributed by atoms with Crippen molar-refractivity contribution in [2.75, 3.05) is 13.1 Å². The zero-order valence-corrected chi connectivity index (χ0v) is 13.5. The molecule has 0 saturated carbocycles. The van der Waals surface area contributed by atoms with Gasteiger partial charge in [-0.15, -0.1) is 0 Å². The number of carbonyl (C=O) groups excluding carboxylic acids is 1. The van der Waals surface area contributed by atoms with Crippen molar-refractivity contribution in [3.8, 4) is 0 Å². The first-order valence-electron chi connectivity index (χ1n) is 8.09. The minimum Gasteiger partial charge on any atom is -0.339 e. The molecule has 0 radical (unpaired) electrons. The molecule has 0 bridgehead atoms. The third-order valence-electron chi connectivity index (χ3n) is 4.59. The summed E-state index contributed by atoms with van der Waals surface area (Å²) < 4.78 is 1.85. The van der Waals surface area contributed by atoms with Crippen LogP contribution in [-0.4, -0.2) is 48.7 Å². The van der Waals surface area contributed by atoms with E-state index in [4.69, 9.17) is 4.98 Å². The van der Waals surface area contributed by atoms with E-state index in [1.165, 1.54) is 6.20 Å². The summed E-state index contributed by atoms with van der Waals surface area (Å²) >= 11 is 0. The van der Waals surface area contributed by atoms with Gasteiger partial charge in [-0.2, -0.15) is 15.3 Å². The summed E-state index contributed by atoms with van der Waals surface area (Å²) in [6, 6.07) is 5.74. The first-order valence-corrected chi connectivity index (χ1v) is 8.09. The van der Waals surface area contributed by atoms with Crippen LogP contribution in [0.1, 0.15) is 40.5 Å². The third-order valence-corrected chi connectivity index (χ3v) is 4.59. The molecule has 3 aromatic rings. The fraction of sp³-hybridized carbons (Fsp3) is 0.353. The molecule has 1 aliphatic rings. The van der Waals surface area contributed by atoms with Gasteiger partial charge in [-0.25, -0.2) is 9.50 Å². The Morgan fingerprint density at radius 1 is 1.17 bits per heavy atom. The third kappa shape index (κ3) is 2.62. The Bertz CT molecular complexity index is 867. The van der Waals surface area contributed by atoms with Gasteiger partial charge in [0.2, 0.25) is 0 Å². The number of likely N-dealkylation sites (tertiary alicyclic amines) is 1. The molecule has 1 aliphatic heterocycles. The van der Waals surface area contributed by atoms with Crippen molar-refractivity contribution in [2.45, 2.75) is 25.7 Å². The minimum atomic E-state index is 0.0266. The molecular weight excluding hydrogens is 304 g/mol. The first kappa shape index (κ1) is 14.7. The largest absolute Gasteiger partial charge is 0.339 e. The second kappa shape index (κ2) is 5.99. The van der Waals surface area contributed by atoms with Gasteiger partial charge in [0.15, 0.2) is 5.65 Å². The van der Waals surface area contributed by atoms with Gasteiger partial charge in [0, 0.05) is 36.5 Å². The highest BCUT2D eigenvalue weighted by atomic mass is 16.2. The van der Waals surface area contributed by atoms with Crippen LogP contribution in [0.2, 0.25) is 0 Å². The lowest BCUT2D eigenvalue weighted by atomic mass is 9.92. The van der Waals surface area contributed by atoms with E-state index in [0.717, 1.165) is 43.0 Å². The summed E-state index contributed by atoms with van der Waals surface area (Å²) in [4.78, 5) is 19.1. The Kier molecular flexibility index (Phi) is 3.68. The molecule has 0 atom stereocenters. The van der Waals surface area contributed by atoms with Crippen LogP contribution < -0.4 is 0 Å². The first-order chi connectivity index (χ1) is 11.7. The van der Waals surface area contributed by atoms with Crippen molar-refractivity contribution in [2.24, 2.45) is 0 Å². The van der Waals surface area contributed by atoms with E-state index in [1.54, 1.807) is 18.5 Å². The monoisotopic (exact) mass is 322 g/mol. The van der Waals surface area contributed by atoms with Gasteiger partial charge < -0.3 is 4.90 Å². The van der Waals surface area contributed by atoms with E-state index in [1.807, 2.05) is 22.4 Å². The highest BCUT2D eigenvalue weighted by molar-refractivity contribution is 5.93. The number of carbonyl (C=O) groups is 1. The number of hydrogen-bond acceptors (Lipinski definition) is 5. The Morgan fingerprint density at radius 2 is 2.00 bits per heavy atom. The molecule has 0 aromatic carbocycles. The quantitative estimate of drug-likeness (QED) is 0.719. The van der Waals surface area contributed by atoms with Crippen molar-refractivity contribution in [1.29, 1.82) is 0 Å². The number of rotatable bonds is 2. The highest BCUT2D eigenvalue weighted by Crippen LogP contribution is 2.28. The normalized spacial score (nSPS) is 15.8. The fourth-order valence-corrected chi connectivity index (χ4v) is 3.28. The molecule has 0 N–H and O–H groups in total. The van der Waals surface area contributed by atoms with Gasteiger partial charge in [-0.1, -0.05) is 0 Å². The van der Waals surface area contributed by atoms with Crippen molar-refractivity contribution >= 4 is 11.6 Å². The predicted molar refractivity (Wildman–Crippen MR) is 87.6 cm³/mol. The number of amides is 1. The molecule has 1 amide bonds. The molecule has 0 unspecified atom stereocenters. The van der Waals surface area contributed by atoms with E-state index in [-0.39, 0.29) is 5.91 Å². The predicted octanol–water partition coefficient (Wildman–Crippen LogP) is 1.85. The Hall–Kier alpha value is -2.83. The molecule has 122 valence electrons. The van der Waals surface area contributed by atoms with Gasteiger partial charge in [0.25, 0.3) is 5.91 Å². The molecular formula is C17H18N6O. The van der Waals surface area contributed by atoms with Crippen LogP contribution in [0.25, 0.3) is 5.65 Å². The SMILES string of the molecule is Cc1cc(C2CCN(C(=O)c3ccnnc3)CC2)nc2ccnn12. The average molecular weight is 322 g/mol. The molecule has 24 heavy (non-hydrogen) atoms. The van der Waals surface area contributed by atoms with Gasteiger partial charge in [0.05, 0.1) is 24.2 Å². The molecule has 1 saturated heterocycles. The summed E-state index contributed by atoms with van der Waals surface area (Å²) in [5.41, 5.74) is 3.66. The van der Waals surface area contributed by atoms with Crippen LogP contribution in [0.4, 0.5) is 0 Å². The van der Waals surface area contributed by atoms with Crippen molar-refractivity contribution in [3.63, 3.8) is 0 Å². The zero-order chi connectivity index (χ0) is 16.5. The summed E-state index contributed by atoms with van der Waals surface area (Å²) in [6.07, 6.45) is 6.67.